The Labute approximate surface area is 447 Å². The summed E-state index contributed by atoms with van der Waals surface area (Å²) in [6, 6.07) is 33.4. The maximum absolute atomic E-state index is 11.6. The van der Waals surface area contributed by atoms with Crippen molar-refractivity contribution in [2.45, 2.75) is 60.8 Å². The molecule has 0 radical (unpaired) electrons. The van der Waals surface area contributed by atoms with Gasteiger partial charge < -0.3 is 10.2 Å². The molecule has 10 rings (SSSR count). The highest BCUT2D eigenvalue weighted by Gasteiger charge is 2.18. The minimum atomic E-state index is -1.05. The number of aromatic nitrogens is 13. The lowest BCUT2D eigenvalue weighted by molar-refractivity contribution is 0.0680. The van der Waals surface area contributed by atoms with Gasteiger partial charge in [0.2, 0.25) is 0 Å². The zero-order chi connectivity index (χ0) is 55.5. The summed E-state index contributed by atoms with van der Waals surface area (Å²) in [5.74, 6) is -2.06. The maximum Gasteiger partial charge on any atom is 0.354 e. The van der Waals surface area contributed by atoms with Crippen molar-refractivity contribution in [3.63, 3.8) is 0 Å². The fourth-order valence-electron chi connectivity index (χ4n) is 8.43. The van der Waals surface area contributed by atoms with Crippen LogP contribution < -0.4 is 0 Å². The Morgan fingerprint density at radius 2 is 0.805 bits per heavy atom. The van der Waals surface area contributed by atoms with Crippen LogP contribution >= 0.6 is 0 Å². The summed E-state index contributed by atoms with van der Waals surface area (Å²) >= 11 is 0. The number of nitrogens with zero attached hydrogens (tertiary/aromatic N) is 14. The van der Waals surface area contributed by atoms with E-state index in [4.69, 9.17) is 10.4 Å². The molecule has 2 N–H and O–H groups in total. The first-order valence-corrected chi connectivity index (χ1v) is 24.9. The molecule has 0 aliphatic heterocycles. The first-order chi connectivity index (χ1) is 36.8. The van der Waals surface area contributed by atoms with Gasteiger partial charge in [-0.1, -0.05) is 67.9 Å². The molecule has 18 nitrogen and oxygen atoms in total. The molecule has 2 aromatic carbocycles. The van der Waals surface area contributed by atoms with E-state index in [2.05, 4.69) is 84.6 Å². The number of hydrogen-bond acceptors (Lipinski definition) is 11. The number of aromatic carboxylic acids is 2. The lowest BCUT2D eigenvalue weighted by atomic mass is 9.97. The summed E-state index contributed by atoms with van der Waals surface area (Å²) in [6.07, 6.45) is 11.6. The topological polar surface area (TPSA) is 226 Å². The van der Waals surface area contributed by atoms with Gasteiger partial charge in [0, 0.05) is 77.3 Å². The molecular formula is C59H62N14O4. The predicted octanol–water partition coefficient (Wildman–Crippen LogP) is 10.2. The molecule has 8 heterocycles. The Morgan fingerprint density at radius 3 is 1.16 bits per heavy atom. The van der Waals surface area contributed by atoms with Gasteiger partial charge in [0.1, 0.15) is 40.2 Å². The molecule has 0 bridgehead atoms. The normalized spacial score (nSPS) is 10.6. The van der Waals surface area contributed by atoms with E-state index in [1.165, 1.54) is 11.1 Å². The van der Waals surface area contributed by atoms with Crippen molar-refractivity contribution in [1.82, 2.24) is 63.9 Å². The Hall–Kier alpha value is -9.63. The van der Waals surface area contributed by atoms with Crippen molar-refractivity contribution in [1.29, 1.82) is 5.26 Å². The quantitative estimate of drug-likeness (QED) is 0.123. The van der Waals surface area contributed by atoms with Crippen LogP contribution in [0.3, 0.4) is 0 Å². The van der Waals surface area contributed by atoms with Crippen LogP contribution in [0.5, 0.6) is 0 Å². The Morgan fingerprint density at radius 1 is 0.468 bits per heavy atom. The van der Waals surface area contributed by atoms with Crippen LogP contribution in [0, 0.1) is 39.0 Å². The highest BCUT2D eigenvalue weighted by atomic mass is 16.4. The second kappa shape index (κ2) is 24.6. The molecule has 0 saturated carbocycles. The van der Waals surface area contributed by atoms with Gasteiger partial charge in [-0.05, 0) is 134 Å². The van der Waals surface area contributed by atoms with Crippen molar-refractivity contribution in [3.05, 3.63) is 190 Å². The van der Waals surface area contributed by atoms with E-state index in [0.717, 1.165) is 80.1 Å². The average molecular weight is 1030 g/mol. The second-order valence-corrected chi connectivity index (χ2v) is 18.5. The maximum atomic E-state index is 11.6. The van der Waals surface area contributed by atoms with E-state index in [0.29, 0.717) is 34.9 Å². The van der Waals surface area contributed by atoms with E-state index in [9.17, 15) is 14.7 Å². The molecule has 0 amide bonds. The van der Waals surface area contributed by atoms with Crippen LogP contribution in [0.25, 0.3) is 56.7 Å². The fourth-order valence-corrected chi connectivity index (χ4v) is 8.43. The predicted molar refractivity (Wildman–Crippen MR) is 296 cm³/mol. The largest absolute Gasteiger partial charge is 0.477 e. The molecular weight excluding hydrogens is 969 g/mol. The molecule has 0 spiro atoms. The number of carbonyl (C=O) groups is 2. The van der Waals surface area contributed by atoms with E-state index in [1.807, 2.05) is 159 Å². The lowest BCUT2D eigenvalue weighted by Gasteiger charge is -2.12. The highest BCUT2D eigenvalue weighted by Crippen LogP contribution is 2.28. The monoisotopic (exact) mass is 1030 g/mol. The molecule has 0 unspecified atom stereocenters. The number of hydrogen-bond donors (Lipinski definition) is 2. The van der Waals surface area contributed by atoms with Gasteiger partial charge in [0.15, 0.2) is 0 Å². The molecule has 77 heavy (non-hydrogen) atoms. The molecule has 0 saturated heterocycles. The van der Waals surface area contributed by atoms with Crippen LogP contribution in [-0.2, 0) is 54.5 Å². The minimum Gasteiger partial charge on any atom is -0.477 e. The summed E-state index contributed by atoms with van der Waals surface area (Å²) < 4.78 is 8.68. The SMILES string of the molecule is CCc1cc(C#N)nc(-c2ccn(C)n2)c1C.CCc1cc(C(=O)O)nc(-c2ccn(C)n2)c1C.Cc1c(Cc2ccc(-c3ccn(C)n3)cc2)cc(C(=O)O)nc1-c1ccn(C)n1.Cc1ccc(-c2ccn(C)n2)cc1. The Bertz CT molecular complexity index is 3720. The third-order valence-corrected chi connectivity index (χ3v) is 12.7. The van der Waals surface area contributed by atoms with Gasteiger partial charge in [0.25, 0.3) is 0 Å². The van der Waals surface area contributed by atoms with Crippen LogP contribution in [0.4, 0.5) is 0 Å². The van der Waals surface area contributed by atoms with Crippen LogP contribution in [0.2, 0.25) is 0 Å². The average Bonchev–Trinajstić information content (AvgIpc) is 4.32. The Kier molecular flexibility index (Phi) is 17.6. The fraction of sp³-hybridized carbons (Fsp3) is 0.237. The molecule has 18 heteroatoms. The van der Waals surface area contributed by atoms with Crippen LogP contribution in [0.1, 0.15) is 85.0 Å². The van der Waals surface area contributed by atoms with Crippen molar-refractivity contribution in [2.75, 3.05) is 0 Å². The third-order valence-electron chi connectivity index (χ3n) is 12.7. The van der Waals surface area contributed by atoms with Crippen molar-refractivity contribution >= 4 is 11.9 Å². The van der Waals surface area contributed by atoms with E-state index in [1.54, 1.807) is 30.9 Å². The number of benzene rings is 2. The van der Waals surface area contributed by atoms with Gasteiger partial charge in [-0.2, -0.15) is 30.8 Å². The van der Waals surface area contributed by atoms with Crippen LogP contribution in [-0.4, -0.2) is 86.0 Å². The molecule has 392 valence electrons. The van der Waals surface area contributed by atoms with Gasteiger partial charge in [0.05, 0.1) is 28.5 Å². The molecule has 8 aromatic heterocycles. The number of carboxylic acids is 2. The molecule has 10 aromatic rings. The Balaban J connectivity index is 0.000000156. The first-order valence-electron chi connectivity index (χ1n) is 24.9. The first kappa shape index (κ1) is 55.1. The van der Waals surface area contributed by atoms with Gasteiger partial charge >= 0.3 is 11.9 Å². The summed E-state index contributed by atoms with van der Waals surface area (Å²) in [5, 5.41) is 49.3. The minimum absolute atomic E-state index is 0.0244. The smallest absolute Gasteiger partial charge is 0.354 e. The molecule has 0 aliphatic rings. The zero-order valence-electron chi connectivity index (χ0n) is 45.2. The summed E-state index contributed by atoms with van der Waals surface area (Å²) in [6.45, 7) is 12.1. The zero-order valence-corrected chi connectivity index (χ0v) is 45.2. The lowest BCUT2D eigenvalue weighted by Crippen LogP contribution is -2.07. The standard InChI is InChI=1S/C22H21N5O2.C13H14N4.C13H15N3O2.C11H12N2/c1-14-17(12-15-4-6-16(7-5-15)18-8-10-26(2)24-18)13-20(22(28)29)23-21(14)19-9-11-27(3)25-19;1-4-10-7-11(8-14)15-13(9(10)2)12-5-6-17(3)16-12;1-4-9-7-11(13(17)18)14-12(8(9)2)10-5-6-16(3)15-10;1-9-3-5-10(6-4-9)11-7-8-13(2)12-11/h4-11,13H,12H2,1-3H3,(H,28,29);5-7H,4H2,1-3H3;5-7H,4H2,1-3H3,(H,17,18);3-8H,1-2H3. The number of pyridine rings is 3. The van der Waals surface area contributed by atoms with E-state index >= 15 is 0 Å². The van der Waals surface area contributed by atoms with Crippen molar-refractivity contribution in [2.24, 2.45) is 35.2 Å². The highest BCUT2D eigenvalue weighted by molar-refractivity contribution is 5.87. The summed E-state index contributed by atoms with van der Waals surface area (Å²) in [4.78, 5) is 35.6. The van der Waals surface area contributed by atoms with Crippen molar-refractivity contribution in [3.8, 4) is 62.7 Å². The number of rotatable bonds is 11. The summed E-state index contributed by atoms with van der Waals surface area (Å²) in [5.41, 5.74) is 17.4. The van der Waals surface area contributed by atoms with E-state index < -0.39 is 11.9 Å². The van der Waals surface area contributed by atoms with Gasteiger partial charge in [-0.15, -0.1) is 0 Å². The molecule has 0 aliphatic carbocycles. The second-order valence-electron chi connectivity index (χ2n) is 18.5. The molecule has 0 atom stereocenters. The number of nitriles is 1. The number of carboxylic acid groups (broad SMARTS) is 2. The van der Waals surface area contributed by atoms with Crippen LogP contribution in [0.15, 0.2) is 128 Å². The number of aryl methyl sites for hydroxylation is 8. The third kappa shape index (κ3) is 13.8. The van der Waals surface area contributed by atoms with Gasteiger partial charge in [-0.25, -0.2) is 24.5 Å². The molecule has 0 fully saturated rings. The summed E-state index contributed by atoms with van der Waals surface area (Å²) in [7, 11) is 9.33. The van der Waals surface area contributed by atoms with Gasteiger partial charge in [-0.3, -0.25) is 23.4 Å². The van der Waals surface area contributed by atoms with Crippen molar-refractivity contribution < 1.29 is 19.8 Å². The van der Waals surface area contributed by atoms with E-state index in [-0.39, 0.29) is 11.4 Å².